The van der Waals surface area contributed by atoms with E-state index in [4.69, 9.17) is 5.73 Å². The van der Waals surface area contributed by atoms with Crippen molar-refractivity contribution in [1.82, 2.24) is 14.3 Å². The third kappa shape index (κ3) is 2.63. The van der Waals surface area contributed by atoms with E-state index in [1.807, 2.05) is 0 Å². The van der Waals surface area contributed by atoms with E-state index in [1.165, 1.54) is 4.90 Å². The quantitative estimate of drug-likeness (QED) is 0.824. The van der Waals surface area contributed by atoms with Crippen LogP contribution in [-0.2, 0) is 6.18 Å². The highest BCUT2D eigenvalue weighted by atomic mass is 32.1. The van der Waals surface area contributed by atoms with Gasteiger partial charge in [-0.15, -0.1) is 0 Å². The van der Waals surface area contributed by atoms with Gasteiger partial charge in [-0.25, -0.2) is 4.79 Å². The molecule has 0 bridgehead atoms. The van der Waals surface area contributed by atoms with Crippen molar-refractivity contribution in [2.24, 2.45) is 5.73 Å². The molecule has 1 aromatic heterocycles. The number of halogens is 3. The first-order valence-electron chi connectivity index (χ1n) is 5.08. The molecule has 2 rings (SSSR count). The molecule has 0 radical (unpaired) electrons. The smallest absolute Gasteiger partial charge is 0.351 e. The summed E-state index contributed by atoms with van der Waals surface area (Å²) in [5.74, 6) is -1.13. The number of carbonyl (C=O) groups excluding carboxylic acids is 1. The van der Waals surface area contributed by atoms with Gasteiger partial charge >= 0.3 is 12.2 Å². The molecule has 10 heteroatoms. The Hall–Kier alpha value is -1.58. The van der Waals surface area contributed by atoms with Crippen LogP contribution in [0.1, 0.15) is 5.82 Å². The Kier molecular flexibility index (Phi) is 3.28. The zero-order chi connectivity index (χ0) is 13.3. The van der Waals surface area contributed by atoms with Gasteiger partial charge in [0.05, 0.1) is 0 Å². The molecule has 2 heterocycles. The number of hydrogen-bond acceptors (Lipinski definition) is 5. The fourth-order valence-corrected chi connectivity index (χ4v) is 2.31. The standard InChI is InChI=1S/C8H10F3N5OS/c9-8(10,11)5-13-7(18-14-5)16-3-1-15(2-4-16)6(12)17/h1-4H2,(H2,12,17). The summed E-state index contributed by atoms with van der Waals surface area (Å²) in [5, 5.41) is 0.214. The second-order valence-electron chi connectivity index (χ2n) is 3.71. The van der Waals surface area contributed by atoms with Crippen molar-refractivity contribution in [1.29, 1.82) is 0 Å². The summed E-state index contributed by atoms with van der Waals surface area (Å²) < 4.78 is 40.3. The van der Waals surface area contributed by atoms with Crippen LogP contribution in [0.3, 0.4) is 0 Å². The lowest BCUT2D eigenvalue weighted by Crippen LogP contribution is -2.50. The van der Waals surface area contributed by atoms with E-state index in [1.54, 1.807) is 4.90 Å². The number of aromatic nitrogens is 2. The molecule has 1 saturated heterocycles. The molecule has 0 saturated carbocycles. The number of hydrogen-bond donors (Lipinski definition) is 1. The first-order chi connectivity index (χ1) is 8.38. The summed E-state index contributed by atoms with van der Waals surface area (Å²) in [6.07, 6.45) is -4.52. The lowest BCUT2D eigenvalue weighted by atomic mass is 10.3. The Morgan fingerprint density at radius 2 is 1.89 bits per heavy atom. The fraction of sp³-hybridized carbons (Fsp3) is 0.625. The number of amides is 2. The molecule has 1 aliphatic heterocycles. The Balaban J connectivity index is 2.02. The Morgan fingerprint density at radius 1 is 1.28 bits per heavy atom. The van der Waals surface area contributed by atoms with Crippen LogP contribution in [0, 0.1) is 0 Å². The second kappa shape index (κ2) is 4.59. The maximum absolute atomic E-state index is 12.3. The van der Waals surface area contributed by atoms with Crippen molar-refractivity contribution >= 4 is 22.7 Å². The van der Waals surface area contributed by atoms with Gasteiger partial charge in [0.2, 0.25) is 11.0 Å². The van der Waals surface area contributed by atoms with E-state index in [9.17, 15) is 18.0 Å². The van der Waals surface area contributed by atoms with Crippen molar-refractivity contribution in [3.63, 3.8) is 0 Å². The van der Waals surface area contributed by atoms with E-state index in [0.717, 1.165) is 0 Å². The van der Waals surface area contributed by atoms with E-state index in [-0.39, 0.29) is 5.13 Å². The maximum atomic E-state index is 12.3. The number of alkyl halides is 3. The van der Waals surface area contributed by atoms with Gasteiger partial charge in [0.1, 0.15) is 0 Å². The Labute approximate surface area is 104 Å². The lowest BCUT2D eigenvalue weighted by molar-refractivity contribution is -0.144. The molecule has 0 aliphatic carbocycles. The normalized spacial score (nSPS) is 17.1. The van der Waals surface area contributed by atoms with Crippen LogP contribution in [0.25, 0.3) is 0 Å². The van der Waals surface area contributed by atoms with Crippen molar-refractivity contribution < 1.29 is 18.0 Å². The van der Waals surface area contributed by atoms with Gasteiger partial charge < -0.3 is 15.5 Å². The number of urea groups is 1. The van der Waals surface area contributed by atoms with E-state index in [2.05, 4.69) is 9.36 Å². The summed E-state index contributed by atoms with van der Waals surface area (Å²) in [7, 11) is 0. The molecule has 6 nitrogen and oxygen atoms in total. The molecule has 2 amide bonds. The number of anilines is 1. The first kappa shape index (κ1) is 12.9. The van der Waals surface area contributed by atoms with Crippen LogP contribution < -0.4 is 10.6 Å². The predicted molar refractivity (Wildman–Crippen MR) is 58.3 cm³/mol. The summed E-state index contributed by atoms with van der Waals surface area (Å²) >= 11 is 0.703. The summed E-state index contributed by atoms with van der Waals surface area (Å²) in [5.41, 5.74) is 5.11. The number of piperazine rings is 1. The van der Waals surface area contributed by atoms with E-state index >= 15 is 0 Å². The van der Waals surface area contributed by atoms with Crippen LogP contribution in [-0.4, -0.2) is 46.5 Å². The fourth-order valence-electron chi connectivity index (χ4n) is 1.58. The lowest BCUT2D eigenvalue weighted by Gasteiger charge is -2.33. The molecule has 2 N–H and O–H groups in total. The molecular formula is C8H10F3N5OS. The van der Waals surface area contributed by atoms with Crippen molar-refractivity contribution in [2.45, 2.75) is 6.18 Å². The van der Waals surface area contributed by atoms with Crippen LogP contribution in [0.5, 0.6) is 0 Å². The molecule has 0 spiro atoms. The third-order valence-electron chi connectivity index (χ3n) is 2.53. The average molecular weight is 281 g/mol. The van der Waals surface area contributed by atoms with Crippen LogP contribution >= 0.6 is 11.5 Å². The molecule has 18 heavy (non-hydrogen) atoms. The second-order valence-corrected chi connectivity index (χ2v) is 4.44. The highest BCUT2D eigenvalue weighted by Gasteiger charge is 2.36. The van der Waals surface area contributed by atoms with Crippen molar-refractivity contribution in [2.75, 3.05) is 31.1 Å². The monoisotopic (exact) mass is 281 g/mol. The Morgan fingerprint density at radius 3 is 2.33 bits per heavy atom. The maximum Gasteiger partial charge on any atom is 0.452 e. The van der Waals surface area contributed by atoms with Crippen LogP contribution in [0.15, 0.2) is 0 Å². The minimum absolute atomic E-state index is 0.214. The van der Waals surface area contributed by atoms with Gasteiger partial charge in [-0.05, 0) is 0 Å². The van der Waals surface area contributed by atoms with Gasteiger partial charge in [0.25, 0.3) is 0 Å². The number of nitrogens with zero attached hydrogens (tertiary/aromatic N) is 4. The molecule has 1 fully saturated rings. The number of primary amides is 1. The van der Waals surface area contributed by atoms with Gasteiger partial charge in [-0.1, -0.05) is 0 Å². The summed E-state index contributed by atoms with van der Waals surface area (Å²) in [6.45, 7) is 1.54. The zero-order valence-corrected chi connectivity index (χ0v) is 9.96. The van der Waals surface area contributed by atoms with E-state index in [0.29, 0.717) is 37.7 Å². The summed E-state index contributed by atoms with van der Waals surface area (Å²) in [6, 6.07) is -0.525. The van der Waals surface area contributed by atoms with Crippen molar-refractivity contribution in [3.8, 4) is 0 Å². The van der Waals surface area contributed by atoms with E-state index < -0.39 is 18.0 Å². The van der Waals surface area contributed by atoms with Crippen LogP contribution in [0.4, 0.5) is 23.1 Å². The minimum atomic E-state index is -4.52. The number of rotatable bonds is 1. The zero-order valence-electron chi connectivity index (χ0n) is 9.15. The van der Waals surface area contributed by atoms with Gasteiger partial charge in [0.15, 0.2) is 0 Å². The molecule has 0 atom stereocenters. The SMILES string of the molecule is NC(=O)N1CCN(c2nc(C(F)(F)F)ns2)CC1. The molecule has 1 aromatic rings. The molecule has 100 valence electrons. The van der Waals surface area contributed by atoms with Gasteiger partial charge in [-0.2, -0.15) is 22.5 Å². The molecule has 0 unspecified atom stereocenters. The molecule has 1 aliphatic rings. The highest BCUT2D eigenvalue weighted by Crippen LogP contribution is 2.30. The largest absolute Gasteiger partial charge is 0.452 e. The molecule has 0 aromatic carbocycles. The number of nitrogens with two attached hydrogens (primary N) is 1. The van der Waals surface area contributed by atoms with Crippen LogP contribution in [0.2, 0.25) is 0 Å². The van der Waals surface area contributed by atoms with Gasteiger partial charge in [0, 0.05) is 37.7 Å². The van der Waals surface area contributed by atoms with Gasteiger partial charge in [-0.3, -0.25) is 0 Å². The number of carbonyl (C=O) groups is 1. The topological polar surface area (TPSA) is 75.4 Å². The first-order valence-corrected chi connectivity index (χ1v) is 5.85. The third-order valence-corrected chi connectivity index (χ3v) is 3.31. The Bertz CT molecular complexity index is 440. The minimum Gasteiger partial charge on any atom is -0.351 e. The van der Waals surface area contributed by atoms with Crippen molar-refractivity contribution in [3.05, 3.63) is 5.82 Å². The predicted octanol–water partition coefficient (Wildman–Crippen LogP) is 0.758. The average Bonchev–Trinajstić information content (AvgIpc) is 2.78. The molecular weight excluding hydrogens is 271 g/mol. The highest BCUT2D eigenvalue weighted by molar-refractivity contribution is 7.09. The summed E-state index contributed by atoms with van der Waals surface area (Å²) in [4.78, 5) is 17.4.